The summed E-state index contributed by atoms with van der Waals surface area (Å²) in [5.41, 5.74) is 1.43. The fourth-order valence-corrected chi connectivity index (χ4v) is 2.20. The Bertz CT molecular complexity index is 438. The molecular formula is C20H31AlN2O2. The van der Waals surface area contributed by atoms with Crippen molar-refractivity contribution in [1.82, 2.24) is 9.97 Å². The highest BCUT2D eigenvalue weighted by atomic mass is 27.0. The van der Waals surface area contributed by atoms with Crippen LogP contribution in [0.3, 0.4) is 0 Å². The fraction of sp³-hybridized carbons (Fsp3) is 0.500. The molecule has 2 aromatic heterocycles. The average Bonchev–Trinajstić information content (AvgIpc) is 2.70. The summed E-state index contributed by atoms with van der Waals surface area (Å²) in [6.07, 6.45) is 11.8. The second-order valence-electron chi connectivity index (χ2n) is 5.51. The smallest absolute Gasteiger partial charge is 0.118 e. The summed E-state index contributed by atoms with van der Waals surface area (Å²) in [7, 11) is 0. The Morgan fingerprint density at radius 2 is 1.24 bits per heavy atom. The van der Waals surface area contributed by atoms with Crippen molar-refractivity contribution < 1.29 is 10.2 Å². The van der Waals surface area contributed by atoms with Gasteiger partial charge in [-0.3, -0.25) is 9.97 Å². The van der Waals surface area contributed by atoms with E-state index in [2.05, 4.69) is 33.2 Å². The summed E-state index contributed by atoms with van der Waals surface area (Å²) in [6, 6.07) is 10.9. The molecule has 0 saturated carbocycles. The molecule has 2 heterocycles. The maximum Gasteiger partial charge on any atom is 0.118 e. The van der Waals surface area contributed by atoms with Crippen LogP contribution in [0.4, 0.5) is 0 Å². The minimum absolute atomic E-state index is 0.0286. The summed E-state index contributed by atoms with van der Waals surface area (Å²) in [4.78, 5) is 7.69. The zero-order valence-electron chi connectivity index (χ0n) is 15.3. The maximum atomic E-state index is 8.48. The van der Waals surface area contributed by atoms with Crippen molar-refractivity contribution in [3.05, 3.63) is 60.2 Å². The van der Waals surface area contributed by atoms with Crippen molar-refractivity contribution in [3.8, 4) is 0 Å². The largest absolute Gasteiger partial charge is 0.390 e. The zero-order valence-corrected chi connectivity index (χ0v) is 16.5. The van der Waals surface area contributed by atoms with Gasteiger partial charge in [0.1, 0.15) is 16.3 Å². The molecule has 4 nitrogen and oxygen atoms in total. The first-order valence-electron chi connectivity index (χ1n) is 9.00. The highest BCUT2D eigenvalue weighted by Gasteiger charge is 1.86. The van der Waals surface area contributed by atoms with Crippen molar-refractivity contribution in [2.75, 3.05) is 0 Å². The Morgan fingerprint density at radius 1 is 0.760 bits per heavy atom. The van der Waals surface area contributed by atoms with Crippen molar-refractivity contribution >= 4 is 16.3 Å². The number of rotatable bonds is 8. The van der Waals surface area contributed by atoms with Crippen LogP contribution in [0.15, 0.2) is 48.8 Å². The summed E-state index contributed by atoms with van der Waals surface area (Å²) < 4.78 is 0. The van der Waals surface area contributed by atoms with E-state index in [1.54, 1.807) is 24.5 Å². The number of unbranched alkanes of at least 4 members (excludes halogenated alkanes) is 5. The van der Waals surface area contributed by atoms with E-state index in [-0.39, 0.29) is 13.2 Å². The van der Waals surface area contributed by atoms with Gasteiger partial charge < -0.3 is 10.2 Å². The summed E-state index contributed by atoms with van der Waals surface area (Å²) in [6.45, 7) is 2.32. The Kier molecular flexibility index (Phi) is 18.1. The van der Waals surface area contributed by atoms with Crippen LogP contribution in [-0.4, -0.2) is 36.5 Å². The summed E-state index contributed by atoms with van der Waals surface area (Å²) in [5, 5.41) is 18.2. The standard InChI is InChI=1S/C8H17.2C6H7NO.Al/c1-3-5-7-8-6-4-2;2*8-5-6-3-1-2-4-7-6;/h1,3-8H2,2H3;2*1-4,8H,5H2;. The maximum absolute atomic E-state index is 8.48. The number of hydrogen-bond acceptors (Lipinski definition) is 4. The van der Waals surface area contributed by atoms with E-state index in [0.29, 0.717) is 11.4 Å². The van der Waals surface area contributed by atoms with E-state index in [9.17, 15) is 0 Å². The molecule has 0 aromatic carbocycles. The lowest BCUT2D eigenvalue weighted by Crippen LogP contribution is -1.84. The van der Waals surface area contributed by atoms with Crippen LogP contribution in [0, 0.1) is 0 Å². The lowest BCUT2D eigenvalue weighted by atomic mass is 10.1. The molecule has 0 aliphatic carbocycles. The Labute approximate surface area is 160 Å². The Hall–Kier alpha value is -1.25. The van der Waals surface area contributed by atoms with Gasteiger partial charge in [-0.05, 0) is 24.3 Å². The molecule has 2 rings (SSSR count). The monoisotopic (exact) mass is 358 g/mol. The highest BCUT2D eigenvalue weighted by Crippen LogP contribution is 2.05. The van der Waals surface area contributed by atoms with Gasteiger partial charge in [-0.25, -0.2) is 0 Å². The van der Waals surface area contributed by atoms with E-state index < -0.39 is 0 Å². The normalized spacial score (nSPS) is 9.40. The molecule has 2 N–H and O–H groups in total. The predicted molar refractivity (Wildman–Crippen MR) is 104 cm³/mol. The van der Waals surface area contributed by atoms with Crippen molar-refractivity contribution in [2.24, 2.45) is 0 Å². The van der Waals surface area contributed by atoms with Crippen molar-refractivity contribution in [1.29, 1.82) is 0 Å². The summed E-state index contributed by atoms with van der Waals surface area (Å²) >= 11 is 2.78. The van der Waals surface area contributed by atoms with Gasteiger partial charge in [-0.2, -0.15) is 0 Å². The van der Waals surface area contributed by atoms with Crippen LogP contribution in [-0.2, 0) is 13.2 Å². The van der Waals surface area contributed by atoms with Gasteiger partial charge >= 0.3 is 0 Å². The van der Waals surface area contributed by atoms with Gasteiger partial charge in [-0.15, -0.1) is 5.28 Å². The molecule has 2 aromatic rings. The third-order valence-electron chi connectivity index (χ3n) is 3.33. The number of aliphatic hydroxyl groups is 2. The molecule has 5 heteroatoms. The van der Waals surface area contributed by atoms with E-state index in [0.717, 1.165) is 0 Å². The van der Waals surface area contributed by atoms with Gasteiger partial charge in [-0.1, -0.05) is 57.6 Å². The Balaban J connectivity index is 0.000000346. The average molecular weight is 358 g/mol. The molecule has 0 fully saturated rings. The molecule has 0 unspecified atom stereocenters. The van der Waals surface area contributed by atoms with Crippen LogP contribution in [0.25, 0.3) is 0 Å². The molecule has 0 amide bonds. The van der Waals surface area contributed by atoms with Gasteiger partial charge in [0, 0.05) is 12.4 Å². The van der Waals surface area contributed by atoms with Crippen LogP contribution >= 0.6 is 0 Å². The molecule has 0 bridgehead atoms. The molecular weight excluding hydrogens is 327 g/mol. The van der Waals surface area contributed by atoms with E-state index in [4.69, 9.17) is 10.2 Å². The lowest BCUT2D eigenvalue weighted by Gasteiger charge is -1.96. The topological polar surface area (TPSA) is 66.2 Å². The molecule has 0 aliphatic rings. The zero-order chi connectivity index (χ0) is 18.6. The number of aliphatic hydroxyl groups excluding tert-OH is 2. The first kappa shape index (κ1) is 23.8. The number of pyridine rings is 2. The quantitative estimate of drug-likeness (QED) is 0.551. The van der Waals surface area contributed by atoms with E-state index in [1.807, 2.05) is 24.3 Å². The second-order valence-corrected chi connectivity index (χ2v) is 6.09. The molecule has 0 aliphatic heterocycles. The lowest BCUT2D eigenvalue weighted by molar-refractivity contribution is 0.276. The van der Waals surface area contributed by atoms with Gasteiger partial charge in [0.2, 0.25) is 0 Å². The summed E-state index contributed by atoms with van der Waals surface area (Å²) in [5.74, 6) is 0. The number of hydrogen-bond donors (Lipinski definition) is 2. The van der Waals surface area contributed by atoms with E-state index >= 15 is 0 Å². The van der Waals surface area contributed by atoms with Crippen LogP contribution in [0.1, 0.15) is 56.8 Å². The fourth-order valence-electron chi connectivity index (χ4n) is 1.91. The first-order chi connectivity index (χ1) is 12.3. The molecule has 136 valence electrons. The molecule has 0 spiro atoms. The predicted octanol–water partition coefficient (Wildman–Crippen LogP) is 4.08. The SMILES string of the molecule is CCCCCCC[CH2][Al].OCc1ccccn1.OCc1ccccn1. The minimum atomic E-state index is 0.0286. The Morgan fingerprint density at radius 3 is 1.56 bits per heavy atom. The third-order valence-corrected chi connectivity index (χ3v) is 3.74. The number of nitrogens with zero attached hydrogens (tertiary/aromatic N) is 2. The second kappa shape index (κ2) is 19.1. The minimum Gasteiger partial charge on any atom is -0.390 e. The van der Waals surface area contributed by atoms with Gasteiger partial charge in [0.15, 0.2) is 0 Å². The molecule has 0 atom stereocenters. The van der Waals surface area contributed by atoms with Crippen molar-refractivity contribution in [3.63, 3.8) is 0 Å². The molecule has 2 radical (unpaired) electrons. The van der Waals surface area contributed by atoms with Crippen molar-refractivity contribution in [2.45, 2.75) is 63.9 Å². The highest BCUT2D eigenvalue weighted by molar-refractivity contribution is 6.08. The van der Waals surface area contributed by atoms with E-state index in [1.165, 1.54) is 43.8 Å². The third kappa shape index (κ3) is 16.0. The number of aromatic nitrogens is 2. The van der Waals surface area contributed by atoms with Crippen LogP contribution in [0.2, 0.25) is 5.28 Å². The van der Waals surface area contributed by atoms with Crippen LogP contribution < -0.4 is 0 Å². The van der Waals surface area contributed by atoms with Gasteiger partial charge in [0.25, 0.3) is 0 Å². The molecule has 0 saturated heterocycles. The first-order valence-corrected chi connectivity index (χ1v) is 9.81. The van der Waals surface area contributed by atoms with Gasteiger partial charge in [0.05, 0.1) is 24.6 Å². The van der Waals surface area contributed by atoms with Crippen LogP contribution in [0.5, 0.6) is 0 Å². The molecule has 25 heavy (non-hydrogen) atoms.